The zero-order valence-electron chi connectivity index (χ0n) is 13.4. The van der Waals surface area contributed by atoms with Crippen molar-refractivity contribution in [3.63, 3.8) is 0 Å². The summed E-state index contributed by atoms with van der Waals surface area (Å²) in [4.78, 5) is 27.2. The van der Waals surface area contributed by atoms with E-state index in [0.29, 0.717) is 37.4 Å². The van der Waals surface area contributed by atoms with Crippen LogP contribution in [-0.2, 0) is 9.53 Å². The zero-order chi connectivity index (χ0) is 16.6. The number of benzene rings is 1. The van der Waals surface area contributed by atoms with Gasteiger partial charge >= 0.3 is 5.97 Å². The normalized spacial score (nSPS) is 25.5. The molecule has 0 bridgehead atoms. The SMILES string of the molecule is CC(=O)c1ccc(N2CCN(C3CC(C)OC3=O)CC2)c(F)c1. The first-order valence-corrected chi connectivity index (χ1v) is 7.95. The van der Waals surface area contributed by atoms with Gasteiger partial charge in [0.05, 0.1) is 5.69 Å². The van der Waals surface area contributed by atoms with Gasteiger partial charge in [-0.15, -0.1) is 0 Å². The molecule has 124 valence electrons. The van der Waals surface area contributed by atoms with E-state index >= 15 is 0 Å². The van der Waals surface area contributed by atoms with Crippen LogP contribution in [0.2, 0.25) is 0 Å². The van der Waals surface area contributed by atoms with Crippen molar-refractivity contribution in [2.75, 3.05) is 31.1 Å². The highest BCUT2D eigenvalue weighted by Crippen LogP contribution is 2.25. The maximum atomic E-state index is 14.2. The van der Waals surface area contributed by atoms with E-state index in [9.17, 15) is 14.0 Å². The van der Waals surface area contributed by atoms with Gasteiger partial charge in [-0.25, -0.2) is 4.39 Å². The number of halogens is 1. The lowest BCUT2D eigenvalue weighted by molar-refractivity contribution is -0.144. The minimum absolute atomic E-state index is 0.0258. The van der Waals surface area contributed by atoms with E-state index < -0.39 is 0 Å². The Morgan fingerprint density at radius 1 is 1.26 bits per heavy atom. The van der Waals surface area contributed by atoms with Crippen LogP contribution in [0.1, 0.15) is 30.6 Å². The van der Waals surface area contributed by atoms with Gasteiger partial charge in [-0.2, -0.15) is 0 Å². The zero-order valence-corrected chi connectivity index (χ0v) is 13.4. The number of ether oxygens (including phenoxy) is 1. The molecular formula is C17H21FN2O3. The number of Topliss-reactive ketones (excluding diaryl/α,β-unsaturated/α-hetero) is 1. The van der Waals surface area contributed by atoms with Crippen molar-refractivity contribution >= 4 is 17.4 Å². The molecule has 2 saturated heterocycles. The molecule has 2 unspecified atom stereocenters. The minimum atomic E-state index is -0.375. The Morgan fingerprint density at radius 3 is 2.48 bits per heavy atom. The third-order valence-corrected chi connectivity index (χ3v) is 4.59. The van der Waals surface area contributed by atoms with Crippen LogP contribution in [0.5, 0.6) is 0 Å². The van der Waals surface area contributed by atoms with Gasteiger partial charge in [0.25, 0.3) is 0 Å². The van der Waals surface area contributed by atoms with E-state index in [1.807, 2.05) is 11.8 Å². The van der Waals surface area contributed by atoms with Gasteiger partial charge in [0, 0.05) is 38.2 Å². The molecule has 2 heterocycles. The molecule has 0 N–H and O–H groups in total. The molecule has 0 radical (unpaired) electrons. The second-order valence-corrected chi connectivity index (χ2v) is 6.24. The van der Waals surface area contributed by atoms with Gasteiger partial charge < -0.3 is 9.64 Å². The molecule has 0 aliphatic carbocycles. The molecule has 0 aromatic heterocycles. The summed E-state index contributed by atoms with van der Waals surface area (Å²) in [6.07, 6.45) is 0.697. The number of carbonyl (C=O) groups excluding carboxylic acids is 2. The lowest BCUT2D eigenvalue weighted by Gasteiger charge is -2.37. The summed E-state index contributed by atoms with van der Waals surface area (Å²) < 4.78 is 19.4. The number of hydrogen-bond acceptors (Lipinski definition) is 5. The van der Waals surface area contributed by atoms with E-state index in [-0.39, 0.29) is 29.7 Å². The molecule has 1 aromatic rings. The standard InChI is InChI=1S/C17H21FN2O3/c1-11-9-16(17(22)23-11)20-7-5-19(6-8-20)15-4-3-13(12(2)21)10-14(15)18/h3-4,10-11,16H,5-9H2,1-2H3. The van der Waals surface area contributed by atoms with Crippen molar-refractivity contribution in [3.05, 3.63) is 29.6 Å². The quantitative estimate of drug-likeness (QED) is 0.628. The Kier molecular flexibility index (Phi) is 4.35. The highest BCUT2D eigenvalue weighted by molar-refractivity contribution is 5.94. The van der Waals surface area contributed by atoms with Crippen molar-refractivity contribution in [2.45, 2.75) is 32.4 Å². The van der Waals surface area contributed by atoms with Crippen LogP contribution in [0.3, 0.4) is 0 Å². The number of cyclic esters (lactones) is 1. The van der Waals surface area contributed by atoms with Gasteiger partial charge in [0.2, 0.25) is 0 Å². The van der Waals surface area contributed by atoms with Gasteiger partial charge in [-0.1, -0.05) is 0 Å². The van der Waals surface area contributed by atoms with Gasteiger partial charge in [0.1, 0.15) is 18.0 Å². The fourth-order valence-corrected chi connectivity index (χ4v) is 3.29. The van der Waals surface area contributed by atoms with E-state index in [4.69, 9.17) is 4.74 Å². The molecule has 2 aliphatic rings. The summed E-state index contributed by atoms with van der Waals surface area (Å²) in [5.41, 5.74) is 0.893. The molecular weight excluding hydrogens is 299 g/mol. The molecule has 3 rings (SSSR count). The first-order valence-electron chi connectivity index (χ1n) is 7.95. The van der Waals surface area contributed by atoms with Crippen molar-refractivity contribution in [3.8, 4) is 0 Å². The number of hydrogen-bond donors (Lipinski definition) is 0. The monoisotopic (exact) mass is 320 g/mol. The van der Waals surface area contributed by atoms with E-state index in [1.165, 1.54) is 13.0 Å². The smallest absolute Gasteiger partial charge is 0.323 e. The summed E-state index contributed by atoms with van der Waals surface area (Å²) >= 11 is 0. The third kappa shape index (κ3) is 3.22. The van der Waals surface area contributed by atoms with Crippen LogP contribution < -0.4 is 4.90 Å². The molecule has 0 spiro atoms. The largest absolute Gasteiger partial charge is 0.461 e. The van der Waals surface area contributed by atoms with Crippen LogP contribution in [-0.4, -0.2) is 55.0 Å². The summed E-state index contributed by atoms with van der Waals surface area (Å²) in [6, 6.07) is 4.44. The minimum Gasteiger partial charge on any atom is -0.461 e. The van der Waals surface area contributed by atoms with Crippen molar-refractivity contribution in [1.29, 1.82) is 0 Å². The highest BCUT2D eigenvalue weighted by atomic mass is 19.1. The van der Waals surface area contributed by atoms with Crippen molar-refractivity contribution < 1.29 is 18.7 Å². The molecule has 0 amide bonds. The Morgan fingerprint density at radius 2 is 1.96 bits per heavy atom. The highest BCUT2D eigenvalue weighted by Gasteiger charge is 2.37. The molecule has 5 nitrogen and oxygen atoms in total. The number of nitrogens with zero attached hydrogens (tertiary/aromatic N) is 2. The number of ketones is 1. The van der Waals surface area contributed by atoms with Crippen LogP contribution in [0.15, 0.2) is 18.2 Å². The second kappa shape index (κ2) is 6.28. The molecule has 2 atom stereocenters. The summed E-state index contributed by atoms with van der Waals surface area (Å²) in [6.45, 7) is 6.01. The number of piperazine rings is 1. The Bertz CT molecular complexity index is 626. The Hall–Kier alpha value is -1.95. The number of rotatable bonds is 3. The fourth-order valence-electron chi connectivity index (χ4n) is 3.29. The summed E-state index contributed by atoms with van der Waals surface area (Å²) in [5.74, 6) is -0.669. The predicted octanol–water partition coefficient (Wildman–Crippen LogP) is 1.85. The number of carbonyl (C=O) groups is 2. The molecule has 0 saturated carbocycles. The van der Waals surface area contributed by atoms with Gasteiger partial charge in [-0.05, 0) is 32.0 Å². The van der Waals surface area contributed by atoms with E-state index in [1.54, 1.807) is 12.1 Å². The summed E-state index contributed by atoms with van der Waals surface area (Å²) in [5, 5.41) is 0. The molecule has 1 aromatic carbocycles. The average Bonchev–Trinajstić information content (AvgIpc) is 2.86. The van der Waals surface area contributed by atoms with E-state index in [0.717, 1.165) is 6.42 Å². The van der Waals surface area contributed by atoms with Crippen molar-refractivity contribution in [2.24, 2.45) is 0 Å². The topological polar surface area (TPSA) is 49.9 Å². The maximum absolute atomic E-state index is 14.2. The molecule has 6 heteroatoms. The lowest BCUT2D eigenvalue weighted by Crippen LogP contribution is -2.51. The van der Waals surface area contributed by atoms with Crippen LogP contribution in [0.4, 0.5) is 10.1 Å². The molecule has 23 heavy (non-hydrogen) atoms. The van der Waals surface area contributed by atoms with Gasteiger partial charge in [0.15, 0.2) is 5.78 Å². The van der Waals surface area contributed by atoms with Crippen LogP contribution in [0, 0.1) is 5.82 Å². The van der Waals surface area contributed by atoms with Crippen molar-refractivity contribution in [1.82, 2.24) is 4.90 Å². The Labute approximate surface area is 135 Å². The third-order valence-electron chi connectivity index (χ3n) is 4.59. The van der Waals surface area contributed by atoms with Gasteiger partial charge in [-0.3, -0.25) is 14.5 Å². The average molecular weight is 320 g/mol. The first kappa shape index (κ1) is 15.9. The first-order chi connectivity index (χ1) is 11.0. The lowest BCUT2D eigenvalue weighted by atomic mass is 10.1. The number of esters is 1. The number of anilines is 1. The molecule has 2 aliphatic heterocycles. The molecule has 2 fully saturated rings. The maximum Gasteiger partial charge on any atom is 0.323 e. The Balaban J connectivity index is 1.65. The predicted molar refractivity (Wildman–Crippen MR) is 84.1 cm³/mol. The second-order valence-electron chi connectivity index (χ2n) is 6.24. The summed E-state index contributed by atoms with van der Waals surface area (Å²) in [7, 11) is 0. The van der Waals surface area contributed by atoms with Crippen LogP contribution >= 0.6 is 0 Å². The fraction of sp³-hybridized carbons (Fsp3) is 0.529. The van der Waals surface area contributed by atoms with Crippen LogP contribution in [0.25, 0.3) is 0 Å². The van der Waals surface area contributed by atoms with E-state index in [2.05, 4.69) is 4.90 Å².